The van der Waals surface area contributed by atoms with Crippen molar-refractivity contribution in [1.29, 1.82) is 0 Å². The Morgan fingerprint density at radius 2 is 2.11 bits per heavy atom. The lowest BCUT2D eigenvalue weighted by Crippen LogP contribution is -2.50. The molecule has 1 saturated heterocycles. The summed E-state index contributed by atoms with van der Waals surface area (Å²) in [4.78, 5) is 29.6. The summed E-state index contributed by atoms with van der Waals surface area (Å²) in [6.45, 7) is 3.57. The van der Waals surface area contributed by atoms with Crippen LogP contribution in [0.5, 0.6) is 0 Å². The van der Waals surface area contributed by atoms with Crippen LogP contribution in [0, 0.1) is 5.92 Å². The molecule has 1 fully saturated rings. The molecule has 2 bridgehead atoms. The van der Waals surface area contributed by atoms with E-state index >= 15 is 0 Å². The first kappa shape index (κ1) is 19.3. The van der Waals surface area contributed by atoms with Crippen molar-refractivity contribution in [3.63, 3.8) is 0 Å². The van der Waals surface area contributed by atoms with Crippen molar-refractivity contribution >= 4 is 17.7 Å². The SMILES string of the molecule is CSCC(=O)N1C[C@@H]2C[C@H](C1)c1ccc(CN(C)Cc3ccoc3)c(=O)n1C2. The molecular formula is C21H27N3O3S. The van der Waals surface area contributed by atoms with Gasteiger partial charge in [0.15, 0.2) is 0 Å². The van der Waals surface area contributed by atoms with Crippen molar-refractivity contribution in [1.82, 2.24) is 14.4 Å². The number of fused-ring (bicyclic) bond motifs is 4. The number of hydrogen-bond donors (Lipinski definition) is 0. The van der Waals surface area contributed by atoms with Gasteiger partial charge in [0.1, 0.15) is 0 Å². The number of piperidine rings is 1. The summed E-state index contributed by atoms with van der Waals surface area (Å²) in [5, 5.41) is 0. The molecule has 4 rings (SSSR count). The number of carbonyl (C=O) groups excluding carboxylic acids is 1. The van der Waals surface area contributed by atoms with E-state index in [4.69, 9.17) is 4.42 Å². The fourth-order valence-corrected chi connectivity index (χ4v) is 5.00. The largest absolute Gasteiger partial charge is 0.472 e. The van der Waals surface area contributed by atoms with Crippen molar-refractivity contribution in [2.45, 2.75) is 32.0 Å². The molecule has 2 aromatic rings. The number of rotatable bonds is 6. The standard InChI is InChI=1S/C21H27N3O3S/c1-22(8-15-5-6-27-13-15)11-17-3-4-19-18-7-16(10-24(19)21(17)26)9-23(12-18)20(25)14-28-2/h3-6,13,16,18H,7-12,14H2,1-2H3/t16-,18+/m0/s1. The van der Waals surface area contributed by atoms with Gasteiger partial charge in [-0.15, -0.1) is 0 Å². The van der Waals surface area contributed by atoms with Crippen molar-refractivity contribution in [2.75, 3.05) is 32.1 Å². The average Bonchev–Trinajstić information content (AvgIpc) is 3.17. The fraction of sp³-hybridized carbons (Fsp3) is 0.524. The minimum Gasteiger partial charge on any atom is -0.472 e. The van der Waals surface area contributed by atoms with E-state index < -0.39 is 0 Å². The van der Waals surface area contributed by atoms with Gasteiger partial charge in [-0.25, -0.2) is 0 Å². The van der Waals surface area contributed by atoms with Crippen LogP contribution in [-0.2, 0) is 24.4 Å². The Morgan fingerprint density at radius 1 is 1.25 bits per heavy atom. The van der Waals surface area contributed by atoms with Crippen LogP contribution >= 0.6 is 11.8 Å². The topological polar surface area (TPSA) is 58.7 Å². The minimum absolute atomic E-state index is 0.120. The number of carbonyl (C=O) groups is 1. The van der Waals surface area contributed by atoms with Crippen LogP contribution in [0.15, 0.2) is 39.9 Å². The zero-order valence-electron chi connectivity index (χ0n) is 16.5. The van der Waals surface area contributed by atoms with Gasteiger partial charge in [-0.05, 0) is 37.8 Å². The molecule has 7 heteroatoms. The van der Waals surface area contributed by atoms with Crippen molar-refractivity contribution in [3.8, 4) is 0 Å². The van der Waals surface area contributed by atoms with Crippen LogP contribution in [-0.4, -0.2) is 52.4 Å². The summed E-state index contributed by atoms with van der Waals surface area (Å²) in [5.74, 6) is 1.39. The van der Waals surface area contributed by atoms with Gasteiger partial charge < -0.3 is 13.9 Å². The van der Waals surface area contributed by atoms with E-state index in [1.807, 2.05) is 34.9 Å². The van der Waals surface area contributed by atoms with Gasteiger partial charge in [-0.3, -0.25) is 14.5 Å². The number of nitrogens with zero attached hydrogens (tertiary/aromatic N) is 3. The van der Waals surface area contributed by atoms with Gasteiger partial charge in [0.05, 0.1) is 18.3 Å². The molecular weight excluding hydrogens is 374 g/mol. The van der Waals surface area contributed by atoms with E-state index in [0.717, 1.165) is 42.9 Å². The van der Waals surface area contributed by atoms with E-state index in [0.29, 0.717) is 24.8 Å². The molecule has 2 atom stereocenters. The lowest BCUT2D eigenvalue weighted by Gasteiger charge is -2.43. The van der Waals surface area contributed by atoms with Gasteiger partial charge in [-0.1, -0.05) is 6.07 Å². The summed E-state index contributed by atoms with van der Waals surface area (Å²) in [6, 6.07) is 6.02. The van der Waals surface area contributed by atoms with E-state index in [9.17, 15) is 9.59 Å². The number of pyridine rings is 1. The third kappa shape index (κ3) is 3.91. The summed E-state index contributed by atoms with van der Waals surface area (Å²) in [5.41, 5.74) is 3.13. The first-order chi connectivity index (χ1) is 13.5. The van der Waals surface area contributed by atoms with Gasteiger partial charge in [-0.2, -0.15) is 11.8 Å². The highest BCUT2D eigenvalue weighted by Gasteiger charge is 2.36. The molecule has 2 aromatic heterocycles. The summed E-state index contributed by atoms with van der Waals surface area (Å²) in [6.07, 6.45) is 6.44. The highest BCUT2D eigenvalue weighted by molar-refractivity contribution is 7.99. The Labute approximate surface area is 169 Å². The van der Waals surface area contributed by atoms with E-state index in [1.54, 1.807) is 24.3 Å². The summed E-state index contributed by atoms with van der Waals surface area (Å²) >= 11 is 1.57. The number of thioether (sulfide) groups is 1. The number of hydrogen-bond acceptors (Lipinski definition) is 5. The Bertz CT molecular complexity index is 893. The Morgan fingerprint density at radius 3 is 2.86 bits per heavy atom. The molecule has 2 aliphatic heterocycles. The maximum atomic E-state index is 13.1. The third-order valence-corrected chi connectivity index (χ3v) is 6.31. The number of furan rings is 1. The highest BCUT2D eigenvalue weighted by Crippen LogP contribution is 2.35. The van der Waals surface area contributed by atoms with Crippen LogP contribution in [0.4, 0.5) is 0 Å². The normalized spacial score (nSPS) is 21.0. The van der Waals surface area contributed by atoms with E-state index in [1.165, 1.54) is 0 Å². The Balaban J connectivity index is 1.51. The lowest BCUT2D eigenvalue weighted by molar-refractivity contribution is -0.131. The molecule has 0 unspecified atom stereocenters. The summed E-state index contributed by atoms with van der Waals surface area (Å²) < 4.78 is 7.09. The second-order valence-electron chi connectivity index (χ2n) is 8.03. The van der Waals surface area contributed by atoms with E-state index in [2.05, 4.69) is 11.0 Å². The highest BCUT2D eigenvalue weighted by atomic mass is 32.2. The minimum atomic E-state index is 0.120. The smallest absolute Gasteiger partial charge is 0.255 e. The van der Waals surface area contributed by atoms with Crippen LogP contribution in [0.2, 0.25) is 0 Å². The summed E-state index contributed by atoms with van der Waals surface area (Å²) in [7, 11) is 2.01. The molecule has 0 spiro atoms. The third-order valence-electron chi connectivity index (χ3n) is 5.78. The molecule has 0 radical (unpaired) electrons. The molecule has 0 N–H and O–H groups in total. The zero-order chi connectivity index (χ0) is 19.7. The van der Waals surface area contributed by atoms with Crippen LogP contribution < -0.4 is 5.56 Å². The van der Waals surface area contributed by atoms with Crippen LogP contribution in [0.25, 0.3) is 0 Å². The van der Waals surface area contributed by atoms with Crippen LogP contribution in [0.3, 0.4) is 0 Å². The Hall–Kier alpha value is -1.99. The number of likely N-dealkylation sites (tertiary alicyclic amines) is 1. The fourth-order valence-electron chi connectivity index (χ4n) is 4.57. The maximum absolute atomic E-state index is 13.1. The second-order valence-corrected chi connectivity index (χ2v) is 8.90. The molecule has 28 heavy (non-hydrogen) atoms. The first-order valence-electron chi connectivity index (χ1n) is 9.74. The van der Waals surface area contributed by atoms with Gasteiger partial charge in [0, 0.05) is 55.5 Å². The van der Waals surface area contributed by atoms with Crippen molar-refractivity contribution in [3.05, 3.63) is 57.9 Å². The Kier molecular flexibility index (Phi) is 5.64. The maximum Gasteiger partial charge on any atom is 0.255 e. The average molecular weight is 402 g/mol. The molecule has 0 saturated carbocycles. The number of aromatic nitrogens is 1. The molecule has 1 amide bonds. The first-order valence-corrected chi connectivity index (χ1v) is 11.1. The molecule has 0 aliphatic carbocycles. The zero-order valence-corrected chi connectivity index (χ0v) is 17.3. The predicted octanol–water partition coefficient (Wildman–Crippen LogP) is 2.38. The van der Waals surface area contributed by atoms with Gasteiger partial charge >= 0.3 is 0 Å². The number of amides is 1. The van der Waals surface area contributed by atoms with Crippen LogP contribution in [0.1, 0.15) is 29.2 Å². The molecule has 6 nitrogen and oxygen atoms in total. The van der Waals surface area contributed by atoms with Crippen molar-refractivity contribution < 1.29 is 9.21 Å². The lowest BCUT2D eigenvalue weighted by atomic mass is 9.83. The molecule has 0 aromatic carbocycles. The quantitative estimate of drug-likeness (QED) is 0.744. The van der Waals surface area contributed by atoms with Gasteiger partial charge in [0.25, 0.3) is 5.56 Å². The monoisotopic (exact) mass is 401 g/mol. The molecule has 2 aliphatic rings. The molecule has 150 valence electrons. The second kappa shape index (κ2) is 8.17. The van der Waals surface area contributed by atoms with Crippen molar-refractivity contribution in [2.24, 2.45) is 5.92 Å². The van der Waals surface area contributed by atoms with Gasteiger partial charge in [0.2, 0.25) is 5.91 Å². The van der Waals surface area contributed by atoms with E-state index in [-0.39, 0.29) is 17.4 Å². The predicted molar refractivity (Wildman–Crippen MR) is 110 cm³/mol. The molecule has 4 heterocycles.